The Morgan fingerprint density at radius 2 is 2.30 bits per heavy atom. The minimum atomic E-state index is -0.0534. The number of pyridine rings is 1. The summed E-state index contributed by atoms with van der Waals surface area (Å²) in [4.78, 5) is 30.8. The number of carbonyl (C=O) groups is 1. The summed E-state index contributed by atoms with van der Waals surface area (Å²) in [5.41, 5.74) is 3.51. The number of aliphatic imine (C=N–C) groups is 1. The first-order valence-electron chi connectivity index (χ1n) is 9.33. The normalized spacial score (nSPS) is 25.3. The van der Waals surface area contributed by atoms with Crippen molar-refractivity contribution in [2.75, 3.05) is 19.6 Å². The molecule has 138 valence electrons. The van der Waals surface area contributed by atoms with E-state index in [4.69, 9.17) is 0 Å². The van der Waals surface area contributed by atoms with Crippen molar-refractivity contribution in [1.82, 2.24) is 19.9 Å². The largest absolute Gasteiger partial charge is 0.341 e. The third-order valence-electron chi connectivity index (χ3n) is 5.47. The Kier molecular flexibility index (Phi) is 4.71. The number of amides is 1. The minimum Gasteiger partial charge on any atom is -0.341 e. The molecule has 27 heavy (non-hydrogen) atoms. The lowest BCUT2D eigenvalue weighted by Crippen LogP contribution is -2.30. The summed E-state index contributed by atoms with van der Waals surface area (Å²) in [6.07, 6.45) is 8.69. The first-order chi connectivity index (χ1) is 13.2. The van der Waals surface area contributed by atoms with E-state index >= 15 is 0 Å². The van der Waals surface area contributed by atoms with E-state index in [9.17, 15) is 10.1 Å². The Morgan fingerprint density at radius 1 is 1.41 bits per heavy atom. The van der Waals surface area contributed by atoms with Crippen LogP contribution in [0.25, 0.3) is 16.7 Å². The molecule has 0 radical (unpaired) electrons. The van der Waals surface area contributed by atoms with Crippen LogP contribution in [0.15, 0.2) is 29.7 Å². The molecule has 0 spiro atoms. The van der Waals surface area contributed by atoms with Gasteiger partial charge in [-0.05, 0) is 29.9 Å². The van der Waals surface area contributed by atoms with Gasteiger partial charge in [0, 0.05) is 44.0 Å². The highest BCUT2D eigenvalue weighted by atomic mass is 16.2. The van der Waals surface area contributed by atoms with Crippen LogP contribution in [0.1, 0.15) is 25.3 Å². The van der Waals surface area contributed by atoms with Crippen molar-refractivity contribution in [3.05, 3.63) is 30.2 Å². The van der Waals surface area contributed by atoms with Gasteiger partial charge in [0.2, 0.25) is 5.91 Å². The lowest BCUT2D eigenvalue weighted by molar-refractivity contribution is -0.131. The number of aromatic amines is 1. The van der Waals surface area contributed by atoms with Crippen LogP contribution >= 0.6 is 0 Å². The van der Waals surface area contributed by atoms with Crippen LogP contribution in [0, 0.1) is 29.1 Å². The molecule has 0 saturated carbocycles. The first kappa shape index (κ1) is 17.4. The number of nitriles is 1. The van der Waals surface area contributed by atoms with Crippen molar-refractivity contribution in [3.8, 4) is 6.07 Å². The summed E-state index contributed by atoms with van der Waals surface area (Å²) in [6.45, 7) is 3.96. The molecule has 4 rings (SSSR count). The molecule has 4 heterocycles. The number of hydrogen-bond donors (Lipinski definition) is 1. The average molecular weight is 362 g/mol. The highest BCUT2D eigenvalue weighted by Gasteiger charge is 2.33. The Balaban J connectivity index is 1.54. The summed E-state index contributed by atoms with van der Waals surface area (Å²) in [6, 6.07) is 4.25. The quantitative estimate of drug-likeness (QED) is 0.906. The van der Waals surface area contributed by atoms with Gasteiger partial charge in [-0.3, -0.25) is 9.79 Å². The molecule has 7 heteroatoms. The van der Waals surface area contributed by atoms with Gasteiger partial charge < -0.3 is 9.88 Å². The first-order valence-corrected chi connectivity index (χ1v) is 9.33. The molecule has 2 aliphatic heterocycles. The highest BCUT2D eigenvalue weighted by molar-refractivity contribution is 6.13. The van der Waals surface area contributed by atoms with Crippen molar-refractivity contribution in [2.45, 2.75) is 19.8 Å². The predicted molar refractivity (Wildman–Crippen MR) is 103 cm³/mol. The van der Waals surface area contributed by atoms with E-state index in [1.54, 1.807) is 12.5 Å². The fourth-order valence-electron chi connectivity index (χ4n) is 3.88. The van der Waals surface area contributed by atoms with E-state index in [1.165, 1.54) is 0 Å². The fourth-order valence-corrected chi connectivity index (χ4v) is 3.88. The number of hydrogen-bond acceptors (Lipinski definition) is 5. The van der Waals surface area contributed by atoms with Crippen molar-refractivity contribution in [1.29, 1.82) is 5.26 Å². The second-order valence-electron chi connectivity index (χ2n) is 7.38. The number of carbonyl (C=O) groups excluding carboxylic acids is 1. The van der Waals surface area contributed by atoms with E-state index < -0.39 is 0 Å². The van der Waals surface area contributed by atoms with Crippen molar-refractivity contribution >= 4 is 28.9 Å². The molecule has 0 aromatic carbocycles. The molecule has 7 nitrogen and oxygen atoms in total. The second kappa shape index (κ2) is 7.31. The van der Waals surface area contributed by atoms with E-state index in [1.807, 2.05) is 24.1 Å². The van der Waals surface area contributed by atoms with Gasteiger partial charge >= 0.3 is 0 Å². The van der Waals surface area contributed by atoms with Crippen LogP contribution in [-0.4, -0.2) is 51.6 Å². The number of likely N-dealkylation sites (tertiary alicyclic amines) is 1. The maximum Gasteiger partial charge on any atom is 0.223 e. The Morgan fingerprint density at radius 3 is 3.11 bits per heavy atom. The van der Waals surface area contributed by atoms with Crippen LogP contribution in [0.4, 0.5) is 0 Å². The standard InChI is InChI=1S/C20H22N6O/c1-13-10-26(11-16(13)8-21)18(27)7-14-2-4-22-9-15(6-14)17-3-5-23-20-19(17)24-12-25-20/h3,5-6,9,12-14,16H,2,4,7,10-11H2,1H3,(H,23,24,25). The molecular formula is C20H22N6O. The van der Waals surface area contributed by atoms with Gasteiger partial charge in [-0.2, -0.15) is 5.26 Å². The zero-order valence-corrected chi connectivity index (χ0v) is 15.3. The van der Waals surface area contributed by atoms with Crippen LogP contribution in [0.3, 0.4) is 0 Å². The summed E-state index contributed by atoms with van der Waals surface area (Å²) >= 11 is 0. The number of nitrogens with one attached hydrogen (secondary N) is 1. The summed E-state index contributed by atoms with van der Waals surface area (Å²) in [5, 5.41) is 9.20. The number of rotatable bonds is 3. The topological polar surface area (TPSA) is 98.0 Å². The smallest absolute Gasteiger partial charge is 0.223 e. The average Bonchev–Trinajstić information content (AvgIpc) is 3.23. The van der Waals surface area contributed by atoms with Gasteiger partial charge in [0.05, 0.1) is 18.3 Å². The molecule has 3 unspecified atom stereocenters. The van der Waals surface area contributed by atoms with E-state index in [0.29, 0.717) is 26.1 Å². The van der Waals surface area contributed by atoms with Crippen molar-refractivity contribution < 1.29 is 4.79 Å². The minimum absolute atomic E-state index is 0.0534. The lowest BCUT2D eigenvalue weighted by atomic mass is 9.96. The third-order valence-corrected chi connectivity index (χ3v) is 5.47. The maximum atomic E-state index is 12.8. The highest BCUT2D eigenvalue weighted by Crippen LogP contribution is 2.28. The molecular weight excluding hydrogens is 340 g/mol. The van der Waals surface area contributed by atoms with E-state index in [0.717, 1.165) is 28.7 Å². The zero-order chi connectivity index (χ0) is 18.8. The van der Waals surface area contributed by atoms with Crippen LogP contribution in [0.2, 0.25) is 0 Å². The number of fused-ring (bicyclic) bond motifs is 1. The summed E-state index contributed by atoms with van der Waals surface area (Å²) in [5.74, 6) is 0.435. The van der Waals surface area contributed by atoms with Gasteiger partial charge in [-0.25, -0.2) is 9.97 Å². The lowest BCUT2D eigenvalue weighted by Gasteiger charge is -2.19. The third kappa shape index (κ3) is 3.47. The SMILES string of the molecule is CC1CN(C(=O)CC2C=C(c3ccnc4[nH]cnc34)C=NCC2)CC1C#N. The second-order valence-corrected chi connectivity index (χ2v) is 7.38. The number of allylic oxidation sites excluding steroid dienone is 2. The number of imidazole rings is 1. The number of nitrogens with zero attached hydrogens (tertiary/aromatic N) is 5. The van der Waals surface area contributed by atoms with Gasteiger partial charge in [0.15, 0.2) is 5.65 Å². The summed E-state index contributed by atoms with van der Waals surface area (Å²) < 4.78 is 0. The number of H-pyrrole nitrogens is 1. The zero-order valence-electron chi connectivity index (χ0n) is 15.3. The molecule has 2 aliphatic rings. The van der Waals surface area contributed by atoms with Gasteiger partial charge in [-0.15, -0.1) is 0 Å². The molecule has 1 saturated heterocycles. The maximum absolute atomic E-state index is 12.8. The molecule has 0 aliphatic carbocycles. The number of aromatic nitrogens is 3. The van der Waals surface area contributed by atoms with E-state index in [2.05, 4.69) is 32.1 Å². The molecule has 3 atom stereocenters. The molecule has 1 fully saturated rings. The Labute approximate surface area is 157 Å². The van der Waals surface area contributed by atoms with Crippen LogP contribution in [-0.2, 0) is 4.79 Å². The van der Waals surface area contributed by atoms with Crippen LogP contribution < -0.4 is 0 Å². The molecule has 1 amide bonds. The van der Waals surface area contributed by atoms with Gasteiger partial charge in [0.1, 0.15) is 5.52 Å². The van der Waals surface area contributed by atoms with Crippen LogP contribution in [0.5, 0.6) is 0 Å². The van der Waals surface area contributed by atoms with E-state index in [-0.39, 0.29) is 23.7 Å². The Hall–Kier alpha value is -3.01. The Bertz CT molecular complexity index is 953. The summed E-state index contributed by atoms with van der Waals surface area (Å²) in [7, 11) is 0. The van der Waals surface area contributed by atoms with Gasteiger partial charge in [0.25, 0.3) is 0 Å². The molecule has 0 bridgehead atoms. The van der Waals surface area contributed by atoms with Crippen molar-refractivity contribution in [2.24, 2.45) is 22.7 Å². The molecule has 1 N–H and O–H groups in total. The fraction of sp³-hybridized carbons (Fsp3) is 0.450. The molecule has 2 aromatic heterocycles. The predicted octanol–water partition coefficient (Wildman–Crippen LogP) is 2.44. The van der Waals surface area contributed by atoms with Gasteiger partial charge in [-0.1, -0.05) is 13.0 Å². The molecule has 2 aromatic rings. The van der Waals surface area contributed by atoms with Crippen molar-refractivity contribution in [3.63, 3.8) is 0 Å². The monoisotopic (exact) mass is 362 g/mol.